The van der Waals surface area contributed by atoms with Gasteiger partial charge in [-0.25, -0.2) is 0 Å². The fraction of sp³-hybridized carbons (Fsp3) is 0.312. The monoisotopic (exact) mass is 302 g/mol. The van der Waals surface area contributed by atoms with Crippen molar-refractivity contribution in [2.75, 3.05) is 13.3 Å². The summed E-state index contributed by atoms with van der Waals surface area (Å²) < 4.78 is 15.8. The molecule has 6 nitrogen and oxygen atoms in total. The fourth-order valence-electron chi connectivity index (χ4n) is 2.20. The Morgan fingerprint density at radius 3 is 2.95 bits per heavy atom. The second kappa shape index (κ2) is 6.53. The van der Waals surface area contributed by atoms with E-state index in [0.717, 1.165) is 22.8 Å². The topological polar surface area (TPSA) is 72.7 Å². The Labute approximate surface area is 128 Å². The summed E-state index contributed by atoms with van der Waals surface area (Å²) in [5.41, 5.74) is 0.969. The zero-order valence-electron chi connectivity index (χ0n) is 12.3. The van der Waals surface area contributed by atoms with Crippen LogP contribution in [0.3, 0.4) is 0 Å². The zero-order chi connectivity index (χ0) is 15.4. The Morgan fingerprint density at radius 2 is 2.14 bits per heavy atom. The molecule has 0 unspecified atom stereocenters. The molecule has 2 heterocycles. The third-order valence-electron chi connectivity index (χ3n) is 3.47. The van der Waals surface area contributed by atoms with E-state index in [1.54, 1.807) is 6.26 Å². The molecule has 1 aromatic heterocycles. The molecule has 0 spiro atoms. The number of fused-ring (bicyclic) bond motifs is 1. The average molecular weight is 302 g/mol. The molecule has 0 aliphatic carbocycles. The lowest BCUT2D eigenvalue weighted by atomic mass is 10.2. The number of rotatable bonds is 6. The Balaban J connectivity index is 1.44. The quantitative estimate of drug-likeness (QED) is 0.853. The van der Waals surface area contributed by atoms with Gasteiger partial charge in [-0.2, -0.15) is 0 Å². The van der Waals surface area contributed by atoms with Crippen molar-refractivity contribution in [1.29, 1.82) is 0 Å². The summed E-state index contributed by atoms with van der Waals surface area (Å²) in [5, 5.41) is 5.97. The van der Waals surface area contributed by atoms with Gasteiger partial charge in [-0.3, -0.25) is 10.1 Å². The van der Waals surface area contributed by atoms with E-state index in [2.05, 4.69) is 10.6 Å². The van der Waals surface area contributed by atoms with Crippen LogP contribution in [0.15, 0.2) is 41.0 Å². The number of hydrogen-bond acceptors (Lipinski definition) is 5. The van der Waals surface area contributed by atoms with Crippen LogP contribution < -0.4 is 20.1 Å². The number of carbonyl (C=O) groups excluding carboxylic acids is 1. The van der Waals surface area contributed by atoms with Crippen molar-refractivity contribution in [3.63, 3.8) is 0 Å². The van der Waals surface area contributed by atoms with E-state index in [-0.39, 0.29) is 25.3 Å². The zero-order valence-corrected chi connectivity index (χ0v) is 12.3. The highest BCUT2D eigenvalue weighted by molar-refractivity contribution is 5.78. The van der Waals surface area contributed by atoms with Crippen LogP contribution in [-0.2, 0) is 11.3 Å². The maximum Gasteiger partial charge on any atom is 0.234 e. The minimum Gasteiger partial charge on any atom is -0.468 e. The first kappa shape index (κ1) is 14.5. The van der Waals surface area contributed by atoms with E-state index in [0.29, 0.717) is 6.54 Å². The molecule has 3 rings (SSSR count). The first-order valence-electron chi connectivity index (χ1n) is 7.14. The predicted octanol–water partition coefficient (Wildman–Crippen LogP) is 1.98. The molecule has 0 bridgehead atoms. The first-order valence-corrected chi connectivity index (χ1v) is 7.14. The lowest BCUT2D eigenvalue weighted by molar-refractivity contribution is -0.120. The lowest BCUT2D eigenvalue weighted by Crippen LogP contribution is -2.34. The standard InChI is InChI=1S/C16H18N2O4/c1-11(13-3-2-6-20-13)17-9-16(19)18-8-12-4-5-14-15(7-12)22-10-21-14/h2-7,11,17H,8-10H2,1H3,(H,18,19)/t11-/m1/s1. The molecule has 0 saturated heterocycles. The van der Waals surface area contributed by atoms with Crippen molar-refractivity contribution in [2.24, 2.45) is 0 Å². The molecular formula is C16H18N2O4. The minimum absolute atomic E-state index is 0.00806. The van der Waals surface area contributed by atoms with Crippen LogP contribution in [0.1, 0.15) is 24.3 Å². The van der Waals surface area contributed by atoms with E-state index in [1.165, 1.54) is 0 Å². The van der Waals surface area contributed by atoms with Crippen LogP contribution in [0.2, 0.25) is 0 Å². The third-order valence-corrected chi connectivity index (χ3v) is 3.47. The fourth-order valence-corrected chi connectivity index (χ4v) is 2.20. The Kier molecular flexibility index (Phi) is 4.29. The number of hydrogen-bond donors (Lipinski definition) is 2. The predicted molar refractivity (Wildman–Crippen MR) is 79.5 cm³/mol. The van der Waals surface area contributed by atoms with Gasteiger partial charge < -0.3 is 19.2 Å². The molecule has 6 heteroatoms. The molecule has 0 saturated carbocycles. The van der Waals surface area contributed by atoms with Gasteiger partial charge in [0.25, 0.3) is 0 Å². The summed E-state index contributed by atoms with van der Waals surface area (Å²) in [6.45, 7) is 2.88. The largest absolute Gasteiger partial charge is 0.468 e. The van der Waals surface area contributed by atoms with Crippen molar-refractivity contribution in [3.05, 3.63) is 47.9 Å². The molecule has 0 fully saturated rings. The molecule has 1 aliphatic rings. The Hall–Kier alpha value is -2.47. The summed E-state index contributed by atoms with van der Waals surface area (Å²) in [6.07, 6.45) is 1.62. The van der Waals surface area contributed by atoms with E-state index in [4.69, 9.17) is 13.9 Å². The van der Waals surface area contributed by atoms with Crippen LogP contribution in [0, 0.1) is 0 Å². The van der Waals surface area contributed by atoms with E-state index in [9.17, 15) is 4.79 Å². The maximum absolute atomic E-state index is 11.9. The van der Waals surface area contributed by atoms with Gasteiger partial charge in [-0.05, 0) is 36.8 Å². The molecule has 1 amide bonds. The van der Waals surface area contributed by atoms with Crippen LogP contribution >= 0.6 is 0 Å². The van der Waals surface area contributed by atoms with Gasteiger partial charge >= 0.3 is 0 Å². The van der Waals surface area contributed by atoms with E-state index in [1.807, 2.05) is 37.3 Å². The van der Waals surface area contributed by atoms with Crippen molar-refractivity contribution in [3.8, 4) is 11.5 Å². The summed E-state index contributed by atoms with van der Waals surface area (Å²) in [7, 11) is 0. The molecule has 22 heavy (non-hydrogen) atoms. The summed E-state index contributed by atoms with van der Waals surface area (Å²) in [5.74, 6) is 2.19. The highest BCUT2D eigenvalue weighted by Crippen LogP contribution is 2.32. The maximum atomic E-state index is 11.9. The van der Waals surface area contributed by atoms with Gasteiger partial charge in [-0.1, -0.05) is 6.07 Å². The molecule has 0 radical (unpaired) electrons. The van der Waals surface area contributed by atoms with Gasteiger partial charge in [-0.15, -0.1) is 0 Å². The van der Waals surface area contributed by atoms with Gasteiger partial charge in [0.05, 0.1) is 18.8 Å². The van der Waals surface area contributed by atoms with Crippen LogP contribution in [-0.4, -0.2) is 19.2 Å². The van der Waals surface area contributed by atoms with Gasteiger partial charge in [0.15, 0.2) is 11.5 Å². The van der Waals surface area contributed by atoms with Gasteiger partial charge in [0.2, 0.25) is 12.7 Å². The van der Waals surface area contributed by atoms with Crippen molar-refractivity contribution < 1.29 is 18.7 Å². The molecule has 2 aromatic rings. The molecule has 116 valence electrons. The highest BCUT2D eigenvalue weighted by Gasteiger charge is 2.14. The van der Waals surface area contributed by atoms with E-state index < -0.39 is 0 Å². The summed E-state index contributed by atoms with van der Waals surface area (Å²) in [4.78, 5) is 11.9. The van der Waals surface area contributed by atoms with Gasteiger partial charge in [0.1, 0.15) is 5.76 Å². The summed E-state index contributed by atoms with van der Waals surface area (Å²) in [6, 6.07) is 9.33. The molecule has 2 N–H and O–H groups in total. The van der Waals surface area contributed by atoms with Crippen LogP contribution in [0.5, 0.6) is 11.5 Å². The molecule has 1 atom stereocenters. The number of ether oxygens (including phenoxy) is 2. The number of carbonyl (C=O) groups is 1. The number of amides is 1. The SMILES string of the molecule is C[C@@H](NCC(=O)NCc1ccc2c(c1)OCO2)c1ccco1. The van der Waals surface area contributed by atoms with Crippen LogP contribution in [0.25, 0.3) is 0 Å². The van der Waals surface area contributed by atoms with E-state index >= 15 is 0 Å². The molecular weight excluding hydrogens is 284 g/mol. The summed E-state index contributed by atoms with van der Waals surface area (Å²) >= 11 is 0. The second-order valence-electron chi connectivity index (χ2n) is 5.08. The number of benzene rings is 1. The van der Waals surface area contributed by atoms with Crippen molar-refractivity contribution >= 4 is 5.91 Å². The molecule has 1 aliphatic heterocycles. The smallest absolute Gasteiger partial charge is 0.234 e. The normalized spacial score (nSPS) is 13.9. The Bertz CT molecular complexity index is 640. The van der Waals surface area contributed by atoms with Gasteiger partial charge in [0, 0.05) is 6.54 Å². The first-order chi connectivity index (χ1) is 10.7. The number of furan rings is 1. The second-order valence-corrected chi connectivity index (χ2v) is 5.08. The minimum atomic E-state index is -0.0731. The van der Waals surface area contributed by atoms with Crippen molar-refractivity contribution in [2.45, 2.75) is 19.5 Å². The lowest BCUT2D eigenvalue weighted by Gasteiger charge is -2.11. The van der Waals surface area contributed by atoms with Crippen molar-refractivity contribution in [1.82, 2.24) is 10.6 Å². The average Bonchev–Trinajstić information content (AvgIpc) is 3.20. The third kappa shape index (κ3) is 3.40. The number of nitrogens with one attached hydrogen (secondary N) is 2. The highest BCUT2D eigenvalue weighted by atomic mass is 16.7. The Morgan fingerprint density at radius 1 is 1.27 bits per heavy atom. The molecule has 1 aromatic carbocycles. The van der Waals surface area contributed by atoms with Crippen LogP contribution in [0.4, 0.5) is 0 Å².